The van der Waals surface area contributed by atoms with E-state index in [0.29, 0.717) is 12.1 Å². The van der Waals surface area contributed by atoms with E-state index in [1.807, 2.05) is 55.5 Å². The zero-order valence-electron chi connectivity index (χ0n) is 15.7. The van der Waals surface area contributed by atoms with Crippen LogP contribution in [0.4, 0.5) is 0 Å². The number of amides is 1. The number of nitrogens with zero attached hydrogens (tertiary/aromatic N) is 2. The van der Waals surface area contributed by atoms with Crippen molar-refractivity contribution in [1.29, 1.82) is 0 Å². The van der Waals surface area contributed by atoms with Gasteiger partial charge in [-0.15, -0.1) is 0 Å². The number of carbonyl (C=O) groups is 1. The van der Waals surface area contributed by atoms with Crippen LogP contribution in [-0.4, -0.2) is 29.9 Å². The standard InChI is InChI=1S/C21H23N3O3/c1-4-24-14-17(13-22-24)21(25)23-20(15-5-9-18(26-2)10-6-15)16-7-11-19(27-3)12-8-16/h5-14,20H,4H2,1-3H3,(H,23,25). The highest BCUT2D eigenvalue weighted by atomic mass is 16.5. The molecule has 0 bridgehead atoms. The van der Waals surface area contributed by atoms with Gasteiger partial charge in [-0.3, -0.25) is 9.48 Å². The molecule has 3 rings (SSSR count). The first-order chi connectivity index (χ1) is 13.1. The van der Waals surface area contributed by atoms with E-state index in [1.54, 1.807) is 31.3 Å². The minimum Gasteiger partial charge on any atom is -0.497 e. The number of aryl methyl sites for hydroxylation is 1. The van der Waals surface area contributed by atoms with Gasteiger partial charge in [0.1, 0.15) is 11.5 Å². The highest BCUT2D eigenvalue weighted by Gasteiger charge is 2.19. The van der Waals surface area contributed by atoms with Gasteiger partial charge in [0, 0.05) is 12.7 Å². The molecule has 140 valence electrons. The van der Waals surface area contributed by atoms with Crippen LogP contribution in [-0.2, 0) is 6.54 Å². The molecule has 1 heterocycles. The third-order valence-corrected chi connectivity index (χ3v) is 4.39. The van der Waals surface area contributed by atoms with E-state index in [0.717, 1.165) is 22.6 Å². The number of rotatable bonds is 7. The number of carbonyl (C=O) groups excluding carboxylic acids is 1. The van der Waals surface area contributed by atoms with Gasteiger partial charge in [-0.1, -0.05) is 24.3 Å². The molecule has 0 fully saturated rings. The Morgan fingerprint density at radius 1 is 1.00 bits per heavy atom. The SMILES string of the molecule is CCn1cc(C(=O)NC(c2ccc(OC)cc2)c2ccc(OC)cc2)cn1. The van der Waals surface area contributed by atoms with Crippen LogP contribution in [0.5, 0.6) is 11.5 Å². The Hall–Kier alpha value is -3.28. The first-order valence-electron chi connectivity index (χ1n) is 8.75. The van der Waals surface area contributed by atoms with Crippen LogP contribution >= 0.6 is 0 Å². The molecule has 0 aliphatic heterocycles. The van der Waals surface area contributed by atoms with Crippen LogP contribution in [0.15, 0.2) is 60.9 Å². The second-order valence-electron chi connectivity index (χ2n) is 6.04. The van der Waals surface area contributed by atoms with Crippen molar-refractivity contribution >= 4 is 5.91 Å². The topological polar surface area (TPSA) is 65.4 Å². The molecule has 2 aromatic carbocycles. The zero-order valence-corrected chi connectivity index (χ0v) is 15.7. The van der Waals surface area contributed by atoms with E-state index >= 15 is 0 Å². The molecule has 1 aromatic heterocycles. The first-order valence-corrected chi connectivity index (χ1v) is 8.75. The minimum atomic E-state index is -0.306. The highest BCUT2D eigenvalue weighted by molar-refractivity contribution is 5.94. The minimum absolute atomic E-state index is 0.175. The molecule has 0 atom stereocenters. The van der Waals surface area contributed by atoms with Gasteiger partial charge in [0.2, 0.25) is 0 Å². The average molecular weight is 365 g/mol. The fourth-order valence-corrected chi connectivity index (χ4v) is 2.82. The van der Waals surface area contributed by atoms with Crippen molar-refractivity contribution in [1.82, 2.24) is 15.1 Å². The summed E-state index contributed by atoms with van der Waals surface area (Å²) in [6, 6.07) is 15.0. The van der Waals surface area contributed by atoms with Crippen molar-refractivity contribution in [2.24, 2.45) is 0 Å². The lowest BCUT2D eigenvalue weighted by Crippen LogP contribution is -2.29. The van der Waals surface area contributed by atoms with Crippen LogP contribution in [0.3, 0.4) is 0 Å². The molecule has 0 saturated heterocycles. The third-order valence-electron chi connectivity index (χ3n) is 4.39. The monoisotopic (exact) mass is 365 g/mol. The average Bonchev–Trinajstić information content (AvgIpc) is 3.21. The number of hydrogen-bond acceptors (Lipinski definition) is 4. The number of methoxy groups -OCH3 is 2. The summed E-state index contributed by atoms with van der Waals surface area (Å²) in [5.74, 6) is 1.36. The summed E-state index contributed by atoms with van der Waals surface area (Å²) in [5.41, 5.74) is 2.44. The van der Waals surface area contributed by atoms with Gasteiger partial charge < -0.3 is 14.8 Å². The van der Waals surface area contributed by atoms with Crippen LogP contribution in [0.1, 0.15) is 34.5 Å². The number of aromatic nitrogens is 2. The van der Waals surface area contributed by atoms with Crippen molar-refractivity contribution in [2.45, 2.75) is 19.5 Å². The normalized spacial score (nSPS) is 10.7. The third kappa shape index (κ3) is 4.28. The molecule has 1 amide bonds. The number of ether oxygens (including phenoxy) is 2. The lowest BCUT2D eigenvalue weighted by Gasteiger charge is -2.20. The summed E-state index contributed by atoms with van der Waals surface area (Å²) in [5, 5.41) is 7.28. The van der Waals surface area contributed by atoms with E-state index in [1.165, 1.54) is 0 Å². The second-order valence-corrected chi connectivity index (χ2v) is 6.04. The van der Waals surface area contributed by atoms with Crippen molar-refractivity contribution in [2.75, 3.05) is 14.2 Å². The Kier molecular flexibility index (Phi) is 5.76. The lowest BCUT2D eigenvalue weighted by atomic mass is 9.98. The Morgan fingerprint density at radius 2 is 1.52 bits per heavy atom. The Morgan fingerprint density at radius 3 is 1.93 bits per heavy atom. The van der Waals surface area contributed by atoms with Crippen LogP contribution < -0.4 is 14.8 Å². The van der Waals surface area contributed by atoms with Crippen molar-refractivity contribution in [3.05, 3.63) is 77.6 Å². The zero-order chi connectivity index (χ0) is 19.2. The van der Waals surface area contributed by atoms with Crippen molar-refractivity contribution in [3.63, 3.8) is 0 Å². The van der Waals surface area contributed by atoms with Gasteiger partial charge in [0.05, 0.1) is 32.0 Å². The van der Waals surface area contributed by atoms with Crippen molar-refractivity contribution in [3.8, 4) is 11.5 Å². The Bertz CT molecular complexity index is 838. The maximum atomic E-state index is 12.8. The predicted molar refractivity (Wildman–Crippen MR) is 103 cm³/mol. The Labute approximate surface area is 158 Å². The van der Waals surface area contributed by atoms with E-state index in [4.69, 9.17) is 9.47 Å². The molecule has 0 spiro atoms. The lowest BCUT2D eigenvalue weighted by molar-refractivity contribution is 0.0943. The molecule has 0 saturated carbocycles. The molecular formula is C21H23N3O3. The van der Waals surface area contributed by atoms with E-state index in [-0.39, 0.29) is 11.9 Å². The quantitative estimate of drug-likeness (QED) is 0.697. The number of hydrogen-bond donors (Lipinski definition) is 1. The van der Waals surface area contributed by atoms with Gasteiger partial charge in [0.15, 0.2) is 0 Å². The van der Waals surface area contributed by atoms with Gasteiger partial charge >= 0.3 is 0 Å². The van der Waals surface area contributed by atoms with Gasteiger partial charge in [-0.05, 0) is 42.3 Å². The smallest absolute Gasteiger partial charge is 0.255 e. The summed E-state index contributed by atoms with van der Waals surface area (Å²) < 4.78 is 12.2. The fourth-order valence-electron chi connectivity index (χ4n) is 2.82. The molecule has 0 unspecified atom stereocenters. The molecule has 1 N–H and O–H groups in total. The summed E-state index contributed by atoms with van der Waals surface area (Å²) in [7, 11) is 3.26. The summed E-state index contributed by atoms with van der Waals surface area (Å²) in [6.45, 7) is 2.69. The number of nitrogens with one attached hydrogen (secondary N) is 1. The first kappa shape index (κ1) is 18.5. The maximum absolute atomic E-state index is 12.8. The molecule has 6 nitrogen and oxygen atoms in total. The maximum Gasteiger partial charge on any atom is 0.255 e. The van der Waals surface area contributed by atoms with Gasteiger partial charge in [-0.2, -0.15) is 5.10 Å². The number of benzene rings is 2. The Balaban J connectivity index is 1.91. The molecule has 3 aromatic rings. The van der Waals surface area contributed by atoms with E-state index in [2.05, 4.69) is 10.4 Å². The summed E-state index contributed by atoms with van der Waals surface area (Å²) in [6.07, 6.45) is 3.33. The van der Waals surface area contributed by atoms with Crippen molar-refractivity contribution < 1.29 is 14.3 Å². The highest BCUT2D eigenvalue weighted by Crippen LogP contribution is 2.26. The molecule has 0 radical (unpaired) electrons. The fraction of sp³-hybridized carbons (Fsp3) is 0.238. The van der Waals surface area contributed by atoms with Crippen LogP contribution in [0, 0.1) is 0 Å². The molecule has 0 aliphatic carbocycles. The molecular weight excluding hydrogens is 342 g/mol. The van der Waals surface area contributed by atoms with E-state index in [9.17, 15) is 4.79 Å². The van der Waals surface area contributed by atoms with Crippen LogP contribution in [0.25, 0.3) is 0 Å². The van der Waals surface area contributed by atoms with Gasteiger partial charge in [-0.25, -0.2) is 0 Å². The summed E-state index contributed by atoms with van der Waals surface area (Å²) >= 11 is 0. The molecule has 27 heavy (non-hydrogen) atoms. The largest absolute Gasteiger partial charge is 0.497 e. The van der Waals surface area contributed by atoms with Gasteiger partial charge in [0.25, 0.3) is 5.91 Å². The second kappa shape index (κ2) is 8.40. The van der Waals surface area contributed by atoms with Crippen LogP contribution in [0.2, 0.25) is 0 Å². The van der Waals surface area contributed by atoms with E-state index < -0.39 is 0 Å². The molecule has 6 heteroatoms. The molecule has 0 aliphatic rings. The summed E-state index contributed by atoms with van der Waals surface area (Å²) in [4.78, 5) is 12.8. The predicted octanol–water partition coefficient (Wildman–Crippen LogP) is 3.44.